The maximum absolute atomic E-state index is 10.3. The van der Waals surface area contributed by atoms with Crippen molar-refractivity contribution in [3.05, 3.63) is 29.3 Å². The second-order valence-corrected chi connectivity index (χ2v) is 10.6. The Morgan fingerprint density at radius 2 is 2.00 bits per heavy atom. The molecule has 0 saturated heterocycles. The highest BCUT2D eigenvalue weighted by Gasteiger charge is 2.37. The van der Waals surface area contributed by atoms with Crippen LogP contribution in [0.3, 0.4) is 0 Å². The molecule has 0 spiro atoms. The molecule has 0 amide bonds. The summed E-state index contributed by atoms with van der Waals surface area (Å²) in [7, 11) is -0.596. The lowest BCUT2D eigenvalue weighted by molar-refractivity contribution is 0.409. The van der Waals surface area contributed by atoms with E-state index in [9.17, 15) is 4.80 Å². The fourth-order valence-corrected chi connectivity index (χ4v) is 2.49. The number of benzene rings is 1. The van der Waals surface area contributed by atoms with Crippen LogP contribution in [0.25, 0.3) is 0 Å². The highest BCUT2D eigenvalue weighted by Crippen LogP contribution is 2.39. The van der Waals surface area contributed by atoms with Crippen molar-refractivity contribution in [1.29, 1.82) is 5.26 Å². The second-order valence-electron chi connectivity index (χ2n) is 6.10. The van der Waals surface area contributed by atoms with E-state index >= 15 is 0 Å². The summed E-state index contributed by atoms with van der Waals surface area (Å²) < 4.78 is 5.34. The lowest BCUT2D eigenvalue weighted by Gasteiger charge is -2.35. The molecule has 0 unspecified atom stereocenters. The standard InChI is InChI=1S/C15H23NO2Si/c1-15(2,19(4,5)17)11-12-6-7-13(8-9-16)14(10-12)18-3/h6-7,10,17H,8,11H2,1-5H3. The molecule has 1 aromatic carbocycles. The van der Waals surface area contributed by atoms with Gasteiger partial charge in [0.25, 0.3) is 0 Å². The predicted molar refractivity (Wildman–Crippen MR) is 79.8 cm³/mol. The first-order valence-electron chi connectivity index (χ1n) is 6.46. The highest BCUT2D eigenvalue weighted by atomic mass is 28.4. The molecule has 0 aliphatic rings. The predicted octanol–water partition coefficient (Wildman–Crippen LogP) is 3.28. The van der Waals surface area contributed by atoms with Crippen LogP contribution in [0.5, 0.6) is 5.75 Å². The van der Waals surface area contributed by atoms with Crippen LogP contribution in [-0.2, 0) is 12.8 Å². The van der Waals surface area contributed by atoms with Gasteiger partial charge in [0.15, 0.2) is 8.32 Å². The van der Waals surface area contributed by atoms with Crippen LogP contribution >= 0.6 is 0 Å². The second kappa shape index (κ2) is 5.77. The third-order valence-electron chi connectivity index (χ3n) is 3.92. The maximum Gasteiger partial charge on any atom is 0.188 e. The van der Waals surface area contributed by atoms with E-state index in [0.29, 0.717) is 6.42 Å². The Bertz CT molecular complexity index is 484. The molecular formula is C15H23NO2Si. The molecule has 0 bridgehead atoms. The molecule has 0 aliphatic carbocycles. The van der Waals surface area contributed by atoms with Crippen molar-refractivity contribution in [3.8, 4) is 11.8 Å². The Hall–Kier alpha value is -1.31. The summed E-state index contributed by atoms with van der Waals surface area (Å²) in [6.45, 7) is 8.15. The van der Waals surface area contributed by atoms with Gasteiger partial charge in [-0.3, -0.25) is 0 Å². The number of hydrogen-bond acceptors (Lipinski definition) is 3. The number of nitriles is 1. The smallest absolute Gasteiger partial charge is 0.188 e. The van der Waals surface area contributed by atoms with Crippen LogP contribution in [0.4, 0.5) is 0 Å². The number of ether oxygens (including phenoxy) is 1. The molecule has 1 N–H and O–H groups in total. The van der Waals surface area contributed by atoms with Crippen molar-refractivity contribution in [2.75, 3.05) is 7.11 Å². The lowest BCUT2D eigenvalue weighted by Crippen LogP contribution is -2.40. The Kier molecular flexibility index (Phi) is 4.78. The summed E-state index contributed by atoms with van der Waals surface area (Å²) in [5.74, 6) is 0.757. The van der Waals surface area contributed by atoms with E-state index in [1.54, 1.807) is 7.11 Å². The summed E-state index contributed by atoms with van der Waals surface area (Å²) in [5, 5.41) is 8.67. The van der Waals surface area contributed by atoms with Crippen molar-refractivity contribution in [1.82, 2.24) is 0 Å². The van der Waals surface area contributed by atoms with E-state index in [4.69, 9.17) is 10.00 Å². The van der Waals surface area contributed by atoms with Gasteiger partial charge < -0.3 is 9.53 Å². The summed E-state index contributed by atoms with van der Waals surface area (Å²) in [6.07, 6.45) is 1.17. The lowest BCUT2D eigenvalue weighted by atomic mass is 9.99. The molecule has 19 heavy (non-hydrogen) atoms. The van der Waals surface area contributed by atoms with Gasteiger partial charge in [-0.1, -0.05) is 26.0 Å². The molecule has 3 nitrogen and oxygen atoms in total. The SMILES string of the molecule is COc1cc(CC(C)(C)[Si](C)(C)O)ccc1CC#N. The normalized spacial score (nSPS) is 12.1. The van der Waals surface area contributed by atoms with Crippen molar-refractivity contribution in [3.63, 3.8) is 0 Å². The molecule has 0 heterocycles. The molecule has 0 saturated carbocycles. The monoisotopic (exact) mass is 277 g/mol. The number of nitrogens with zero attached hydrogens (tertiary/aromatic N) is 1. The van der Waals surface area contributed by atoms with Crippen molar-refractivity contribution >= 4 is 8.32 Å². The maximum atomic E-state index is 10.3. The molecule has 1 rings (SSSR count). The van der Waals surface area contributed by atoms with Gasteiger partial charge in [0.05, 0.1) is 19.6 Å². The van der Waals surface area contributed by atoms with Gasteiger partial charge in [-0.2, -0.15) is 5.26 Å². The fourth-order valence-electron chi connectivity index (χ4n) is 1.86. The van der Waals surface area contributed by atoms with E-state index in [0.717, 1.165) is 23.3 Å². The van der Waals surface area contributed by atoms with Crippen LogP contribution in [-0.4, -0.2) is 20.2 Å². The minimum atomic E-state index is -2.22. The molecular weight excluding hydrogens is 254 g/mol. The van der Waals surface area contributed by atoms with Gasteiger partial charge in [0.1, 0.15) is 5.75 Å². The van der Waals surface area contributed by atoms with E-state index in [-0.39, 0.29) is 5.04 Å². The molecule has 0 aromatic heterocycles. The van der Waals surface area contributed by atoms with Crippen molar-refractivity contribution in [2.24, 2.45) is 0 Å². The summed E-state index contributed by atoms with van der Waals surface area (Å²) in [5.41, 5.74) is 2.05. The molecule has 1 aromatic rings. The first kappa shape index (κ1) is 15.7. The van der Waals surface area contributed by atoms with Crippen molar-refractivity contribution < 1.29 is 9.53 Å². The van der Waals surface area contributed by atoms with Gasteiger partial charge >= 0.3 is 0 Å². The molecule has 104 valence electrons. The Morgan fingerprint density at radius 1 is 1.37 bits per heavy atom. The van der Waals surface area contributed by atoms with Crippen LogP contribution in [0.2, 0.25) is 18.1 Å². The molecule has 0 atom stereocenters. The minimum absolute atomic E-state index is 0.102. The Morgan fingerprint density at radius 3 is 2.47 bits per heavy atom. The van der Waals surface area contributed by atoms with Crippen LogP contribution < -0.4 is 4.74 Å². The summed E-state index contributed by atoms with van der Waals surface area (Å²) in [6, 6.07) is 8.09. The number of methoxy groups -OCH3 is 1. The molecule has 4 heteroatoms. The quantitative estimate of drug-likeness (QED) is 0.840. The summed E-state index contributed by atoms with van der Waals surface area (Å²) >= 11 is 0. The van der Waals surface area contributed by atoms with Crippen molar-refractivity contribution in [2.45, 2.75) is 44.8 Å². The zero-order chi connectivity index (χ0) is 14.7. The zero-order valence-corrected chi connectivity index (χ0v) is 13.4. The van der Waals surface area contributed by atoms with E-state index in [1.807, 2.05) is 31.3 Å². The van der Waals surface area contributed by atoms with Crippen LogP contribution in [0.1, 0.15) is 25.0 Å². The average molecular weight is 277 g/mol. The first-order valence-corrected chi connectivity index (χ1v) is 9.41. The van der Waals surface area contributed by atoms with E-state index in [1.165, 1.54) is 0 Å². The van der Waals surface area contributed by atoms with E-state index in [2.05, 4.69) is 19.9 Å². The number of rotatable bonds is 5. The topological polar surface area (TPSA) is 53.2 Å². The third-order valence-corrected chi connectivity index (χ3v) is 7.41. The molecule has 0 radical (unpaired) electrons. The molecule has 0 aliphatic heterocycles. The number of hydrogen-bond donors (Lipinski definition) is 1. The van der Waals surface area contributed by atoms with Gasteiger partial charge in [0, 0.05) is 5.56 Å². The van der Waals surface area contributed by atoms with Gasteiger partial charge in [-0.25, -0.2) is 0 Å². The average Bonchev–Trinajstić information content (AvgIpc) is 2.29. The zero-order valence-electron chi connectivity index (χ0n) is 12.4. The summed E-state index contributed by atoms with van der Waals surface area (Å²) in [4.78, 5) is 10.3. The minimum Gasteiger partial charge on any atom is -0.496 e. The third kappa shape index (κ3) is 3.82. The largest absolute Gasteiger partial charge is 0.496 e. The van der Waals surface area contributed by atoms with Gasteiger partial charge in [-0.05, 0) is 36.2 Å². The van der Waals surface area contributed by atoms with Crippen LogP contribution in [0.15, 0.2) is 18.2 Å². The van der Waals surface area contributed by atoms with Crippen LogP contribution in [0, 0.1) is 11.3 Å². The van der Waals surface area contributed by atoms with Gasteiger partial charge in [-0.15, -0.1) is 0 Å². The first-order chi connectivity index (χ1) is 8.71. The molecule has 0 fully saturated rings. The Balaban J connectivity index is 3.02. The fraction of sp³-hybridized carbons (Fsp3) is 0.533. The highest BCUT2D eigenvalue weighted by molar-refractivity contribution is 6.72. The van der Waals surface area contributed by atoms with E-state index < -0.39 is 8.32 Å². The Labute approximate surface area is 117 Å². The van der Waals surface area contributed by atoms with Gasteiger partial charge in [0.2, 0.25) is 0 Å².